The van der Waals surface area contributed by atoms with Gasteiger partial charge in [0.15, 0.2) is 9.84 Å². The Labute approximate surface area is 204 Å². The molecule has 0 aromatic heterocycles. The highest BCUT2D eigenvalue weighted by Gasteiger charge is 2.39. The van der Waals surface area contributed by atoms with E-state index in [0.717, 1.165) is 4.31 Å². The third kappa shape index (κ3) is 6.08. The van der Waals surface area contributed by atoms with Crippen LogP contribution in [0.2, 0.25) is 10.0 Å². The Morgan fingerprint density at radius 3 is 2.06 bits per heavy atom. The molecule has 1 heterocycles. The van der Waals surface area contributed by atoms with Crippen molar-refractivity contribution in [3.63, 3.8) is 0 Å². The maximum Gasteiger partial charge on any atom is 0.243 e. The van der Waals surface area contributed by atoms with E-state index in [1.807, 2.05) is 0 Å². The third-order valence-electron chi connectivity index (χ3n) is 5.42. The molecule has 0 radical (unpaired) electrons. The van der Waals surface area contributed by atoms with E-state index in [2.05, 4.69) is 4.72 Å². The van der Waals surface area contributed by atoms with Crippen molar-refractivity contribution in [1.82, 2.24) is 9.03 Å². The second-order valence-corrected chi connectivity index (χ2v) is 14.6. The Hall–Kier alpha value is -1.21. The average molecular weight is 556 g/mol. The summed E-state index contributed by atoms with van der Waals surface area (Å²) >= 11 is 11.9. The second-order valence-electron chi connectivity index (χ2n) is 7.89. The lowest BCUT2D eigenvalue weighted by Crippen LogP contribution is -2.45. The Morgan fingerprint density at radius 2 is 1.52 bits per heavy atom. The van der Waals surface area contributed by atoms with E-state index in [-0.39, 0.29) is 50.9 Å². The van der Waals surface area contributed by atoms with Crippen LogP contribution in [0.15, 0.2) is 46.2 Å². The molecule has 1 aliphatic heterocycles. The summed E-state index contributed by atoms with van der Waals surface area (Å²) in [7, 11) is -11.5. The summed E-state index contributed by atoms with van der Waals surface area (Å²) in [5.74, 6) is -0.461. The maximum atomic E-state index is 13.5. The zero-order valence-corrected chi connectivity index (χ0v) is 21.9. The van der Waals surface area contributed by atoms with E-state index < -0.39 is 35.9 Å². The highest BCUT2D eigenvalue weighted by atomic mass is 35.5. The van der Waals surface area contributed by atoms with Crippen molar-refractivity contribution >= 4 is 53.1 Å². The van der Waals surface area contributed by atoms with Crippen LogP contribution in [-0.4, -0.2) is 60.2 Å². The number of hydrogen-bond donors (Lipinski definition) is 1. The zero-order valence-electron chi connectivity index (χ0n) is 18.0. The molecule has 2 aromatic carbocycles. The minimum atomic E-state index is -4.16. The summed E-state index contributed by atoms with van der Waals surface area (Å²) in [4.78, 5) is -0.0635. The van der Waals surface area contributed by atoms with E-state index in [0.29, 0.717) is 11.1 Å². The average Bonchev–Trinajstić information content (AvgIpc) is 3.07. The molecule has 13 heteroatoms. The van der Waals surface area contributed by atoms with Crippen LogP contribution in [-0.2, 0) is 29.9 Å². The van der Waals surface area contributed by atoms with Crippen LogP contribution in [0.3, 0.4) is 0 Å². The van der Waals surface area contributed by atoms with Crippen LogP contribution >= 0.6 is 23.2 Å². The van der Waals surface area contributed by atoms with Gasteiger partial charge in [-0.2, -0.15) is 4.31 Å². The lowest BCUT2D eigenvalue weighted by Gasteiger charge is -2.28. The molecule has 2 aromatic rings. The van der Waals surface area contributed by atoms with Crippen molar-refractivity contribution in [2.24, 2.45) is 0 Å². The third-order valence-corrected chi connectivity index (χ3v) is 11.3. The van der Waals surface area contributed by atoms with Gasteiger partial charge in [-0.1, -0.05) is 35.3 Å². The monoisotopic (exact) mass is 554 g/mol. The molecule has 0 saturated carbocycles. The molecule has 0 spiro atoms. The fourth-order valence-electron chi connectivity index (χ4n) is 3.71. The number of halogens is 2. The SMILES string of the molecule is Cc1ccc(Cl)cc1S(=O)(=O)NCCN([C@H]1CCS(=O)(=O)C1)S(=O)(=O)c1cc(Cl)ccc1C. The van der Waals surface area contributed by atoms with Gasteiger partial charge in [0.1, 0.15) is 0 Å². The number of aryl methyl sites for hydroxylation is 2. The summed E-state index contributed by atoms with van der Waals surface area (Å²) in [5.41, 5.74) is 0.924. The molecule has 0 aliphatic carbocycles. The molecule has 33 heavy (non-hydrogen) atoms. The number of sulfone groups is 1. The van der Waals surface area contributed by atoms with E-state index in [9.17, 15) is 25.3 Å². The first kappa shape index (κ1) is 26.4. The van der Waals surface area contributed by atoms with E-state index in [1.165, 1.54) is 12.1 Å². The lowest BCUT2D eigenvalue weighted by atomic mass is 10.2. The van der Waals surface area contributed by atoms with Gasteiger partial charge in [-0.25, -0.2) is 30.0 Å². The van der Waals surface area contributed by atoms with Crippen molar-refractivity contribution in [3.8, 4) is 0 Å². The molecule has 0 bridgehead atoms. The van der Waals surface area contributed by atoms with Crippen LogP contribution < -0.4 is 4.72 Å². The van der Waals surface area contributed by atoms with E-state index >= 15 is 0 Å². The molecule has 8 nitrogen and oxygen atoms in total. The molecule has 1 atom stereocenters. The van der Waals surface area contributed by atoms with Crippen LogP contribution in [0.1, 0.15) is 17.5 Å². The van der Waals surface area contributed by atoms with Gasteiger partial charge in [0.25, 0.3) is 0 Å². The van der Waals surface area contributed by atoms with Crippen molar-refractivity contribution < 1.29 is 25.3 Å². The molecule has 182 valence electrons. The number of hydrogen-bond acceptors (Lipinski definition) is 6. The number of benzene rings is 2. The first-order chi connectivity index (χ1) is 15.2. The van der Waals surface area contributed by atoms with Crippen LogP contribution in [0.25, 0.3) is 0 Å². The van der Waals surface area contributed by atoms with Gasteiger partial charge >= 0.3 is 0 Å². The Kier molecular flexibility index (Phi) is 7.84. The maximum absolute atomic E-state index is 13.5. The van der Waals surface area contributed by atoms with Crippen LogP contribution in [0.5, 0.6) is 0 Å². The highest BCUT2D eigenvalue weighted by molar-refractivity contribution is 7.92. The van der Waals surface area contributed by atoms with Crippen LogP contribution in [0, 0.1) is 13.8 Å². The fourth-order valence-corrected chi connectivity index (χ4v) is 9.21. The summed E-state index contributed by atoms with van der Waals surface area (Å²) in [6, 6.07) is 8.06. The van der Waals surface area contributed by atoms with E-state index in [4.69, 9.17) is 23.2 Å². The fraction of sp³-hybridized carbons (Fsp3) is 0.400. The van der Waals surface area contributed by atoms with Gasteiger partial charge in [-0.05, 0) is 55.7 Å². The van der Waals surface area contributed by atoms with E-state index in [1.54, 1.807) is 38.1 Å². The minimum absolute atomic E-state index is 0.0152. The second kappa shape index (κ2) is 9.80. The molecule has 1 fully saturated rings. The molecule has 3 rings (SSSR count). The van der Waals surface area contributed by atoms with Crippen molar-refractivity contribution in [3.05, 3.63) is 57.6 Å². The molecule has 1 saturated heterocycles. The van der Waals surface area contributed by atoms with Gasteiger partial charge in [-0.3, -0.25) is 0 Å². The molecule has 0 amide bonds. The normalized spacial score (nSPS) is 18.6. The first-order valence-corrected chi connectivity index (χ1v) is 15.5. The highest BCUT2D eigenvalue weighted by Crippen LogP contribution is 2.28. The number of nitrogens with one attached hydrogen (secondary N) is 1. The smallest absolute Gasteiger partial charge is 0.229 e. The van der Waals surface area contributed by atoms with Gasteiger partial charge < -0.3 is 0 Å². The molecule has 1 N–H and O–H groups in total. The van der Waals surface area contributed by atoms with Gasteiger partial charge in [-0.15, -0.1) is 0 Å². The van der Waals surface area contributed by atoms with Gasteiger partial charge in [0, 0.05) is 29.2 Å². The largest absolute Gasteiger partial charge is 0.243 e. The van der Waals surface area contributed by atoms with Crippen molar-refractivity contribution in [2.45, 2.75) is 36.1 Å². The summed E-state index contributed by atoms with van der Waals surface area (Å²) in [5, 5.41) is 0.466. The molecular weight excluding hydrogens is 531 g/mol. The Morgan fingerprint density at radius 1 is 0.970 bits per heavy atom. The first-order valence-electron chi connectivity index (χ1n) is 9.97. The Bertz CT molecular complexity index is 1380. The molecule has 1 aliphatic rings. The summed E-state index contributed by atoms with van der Waals surface area (Å²) < 4.78 is 80.1. The standard InChI is InChI=1S/C20H24Cl2N2O6S3/c1-14-3-5-16(21)11-19(14)32(27,28)23-8-9-24(18-7-10-31(25,26)13-18)33(29,30)20-12-17(22)6-4-15(20)2/h3-6,11-12,18,23H,7-10,13H2,1-2H3/t18-/m0/s1. The van der Waals surface area contributed by atoms with Crippen molar-refractivity contribution in [2.75, 3.05) is 24.6 Å². The molecule has 0 unspecified atom stereocenters. The predicted octanol–water partition coefficient (Wildman–Crippen LogP) is 2.77. The minimum Gasteiger partial charge on any atom is -0.229 e. The zero-order chi connectivity index (χ0) is 24.6. The summed E-state index contributed by atoms with van der Waals surface area (Å²) in [6.07, 6.45) is 0.126. The predicted molar refractivity (Wildman–Crippen MR) is 129 cm³/mol. The number of nitrogens with zero attached hydrogens (tertiary/aromatic N) is 1. The molecular formula is C20H24Cl2N2O6S3. The van der Waals surface area contributed by atoms with Gasteiger partial charge in [0.05, 0.1) is 21.3 Å². The van der Waals surface area contributed by atoms with Gasteiger partial charge in [0.2, 0.25) is 20.0 Å². The van der Waals surface area contributed by atoms with Crippen molar-refractivity contribution in [1.29, 1.82) is 0 Å². The summed E-state index contributed by atoms with van der Waals surface area (Å²) in [6.45, 7) is 2.71. The topological polar surface area (TPSA) is 118 Å². The van der Waals surface area contributed by atoms with Crippen LogP contribution in [0.4, 0.5) is 0 Å². The number of sulfonamides is 2. The quantitative estimate of drug-likeness (QED) is 0.536. The Balaban J connectivity index is 1.90. The number of rotatable bonds is 8. The lowest BCUT2D eigenvalue weighted by molar-refractivity contribution is 0.343.